The molecule has 0 bridgehead atoms. The van der Waals surface area contributed by atoms with E-state index in [0.717, 1.165) is 4.83 Å². The predicted octanol–water partition coefficient (Wildman–Crippen LogP) is 1.26. The van der Waals surface area contributed by atoms with E-state index >= 15 is 0 Å². The van der Waals surface area contributed by atoms with Gasteiger partial charge >= 0.3 is 0 Å². The van der Waals surface area contributed by atoms with Crippen LogP contribution >= 0.6 is 23.6 Å². The molecule has 0 aliphatic carbocycles. The van der Waals surface area contributed by atoms with Crippen molar-refractivity contribution in [1.82, 2.24) is 14.9 Å². The van der Waals surface area contributed by atoms with Crippen LogP contribution in [0.4, 0.5) is 0 Å². The Morgan fingerprint density at radius 3 is 3.12 bits per heavy atom. The summed E-state index contributed by atoms with van der Waals surface area (Å²) in [6.45, 7) is 2.31. The SMILES string of the molecule is CCNC(=O)Cn1c(=S)[nH]c2sccc2c1=O. The summed E-state index contributed by atoms with van der Waals surface area (Å²) in [5, 5.41) is 5.01. The first-order valence-electron chi connectivity index (χ1n) is 5.10. The zero-order valence-corrected chi connectivity index (χ0v) is 10.8. The van der Waals surface area contributed by atoms with Crippen LogP contribution in [0.25, 0.3) is 10.2 Å². The van der Waals surface area contributed by atoms with E-state index in [2.05, 4.69) is 10.3 Å². The minimum atomic E-state index is -0.226. The van der Waals surface area contributed by atoms with Crippen molar-refractivity contribution in [3.05, 3.63) is 26.6 Å². The third-order valence-electron chi connectivity index (χ3n) is 2.28. The van der Waals surface area contributed by atoms with Crippen molar-refractivity contribution in [1.29, 1.82) is 0 Å². The van der Waals surface area contributed by atoms with Gasteiger partial charge in [0.15, 0.2) is 4.77 Å². The van der Waals surface area contributed by atoms with Crippen molar-refractivity contribution in [3.8, 4) is 0 Å². The maximum absolute atomic E-state index is 12.1. The van der Waals surface area contributed by atoms with E-state index in [1.54, 1.807) is 6.07 Å². The number of rotatable bonds is 3. The maximum atomic E-state index is 12.1. The number of nitrogens with one attached hydrogen (secondary N) is 2. The Labute approximate surface area is 106 Å². The molecule has 0 radical (unpaired) electrons. The van der Waals surface area contributed by atoms with Crippen LogP contribution in [0, 0.1) is 4.77 Å². The number of likely N-dealkylation sites (N-methyl/N-ethyl adjacent to an activating group) is 1. The van der Waals surface area contributed by atoms with Crippen molar-refractivity contribution in [2.24, 2.45) is 0 Å². The molecule has 0 unspecified atom stereocenters. The summed E-state index contributed by atoms with van der Waals surface area (Å²) in [5.74, 6) is -0.219. The molecule has 0 saturated heterocycles. The maximum Gasteiger partial charge on any atom is 0.263 e. The monoisotopic (exact) mass is 269 g/mol. The molecule has 0 saturated carbocycles. The lowest BCUT2D eigenvalue weighted by atomic mass is 10.4. The van der Waals surface area contributed by atoms with Crippen LogP contribution in [0.1, 0.15) is 6.92 Å². The molecular weight excluding hydrogens is 258 g/mol. The number of thiophene rings is 1. The minimum absolute atomic E-state index is 0.0478. The first-order chi connectivity index (χ1) is 8.13. The third kappa shape index (κ3) is 2.29. The molecule has 0 fully saturated rings. The van der Waals surface area contributed by atoms with E-state index in [0.29, 0.717) is 11.9 Å². The molecule has 0 aliphatic heterocycles. The van der Waals surface area contributed by atoms with Gasteiger partial charge in [-0.2, -0.15) is 0 Å². The molecule has 5 nitrogen and oxygen atoms in total. The second kappa shape index (κ2) is 4.80. The van der Waals surface area contributed by atoms with Gasteiger partial charge in [-0.05, 0) is 30.6 Å². The number of nitrogens with zero attached hydrogens (tertiary/aromatic N) is 1. The second-order valence-electron chi connectivity index (χ2n) is 3.44. The van der Waals surface area contributed by atoms with Crippen molar-refractivity contribution in [2.75, 3.05) is 6.54 Å². The number of aromatic amines is 1. The van der Waals surface area contributed by atoms with Crippen LogP contribution in [-0.4, -0.2) is 22.0 Å². The van der Waals surface area contributed by atoms with Gasteiger partial charge in [0.2, 0.25) is 5.91 Å². The first kappa shape index (κ1) is 12.0. The third-order valence-corrected chi connectivity index (χ3v) is 3.43. The van der Waals surface area contributed by atoms with Crippen molar-refractivity contribution in [3.63, 3.8) is 0 Å². The van der Waals surface area contributed by atoms with Crippen LogP contribution < -0.4 is 10.9 Å². The second-order valence-corrected chi connectivity index (χ2v) is 4.74. The topological polar surface area (TPSA) is 66.9 Å². The smallest absolute Gasteiger partial charge is 0.263 e. The predicted molar refractivity (Wildman–Crippen MR) is 70.0 cm³/mol. The molecule has 0 spiro atoms. The van der Waals surface area contributed by atoms with Crippen LogP contribution in [0.2, 0.25) is 0 Å². The number of fused-ring (bicyclic) bond motifs is 1. The van der Waals surface area contributed by atoms with Gasteiger partial charge in [0.05, 0.1) is 5.39 Å². The molecule has 1 amide bonds. The number of hydrogen-bond acceptors (Lipinski definition) is 4. The van der Waals surface area contributed by atoms with E-state index in [1.807, 2.05) is 12.3 Å². The molecule has 0 atom stereocenters. The van der Waals surface area contributed by atoms with Gasteiger partial charge in [-0.3, -0.25) is 14.2 Å². The highest BCUT2D eigenvalue weighted by atomic mass is 32.1. The van der Waals surface area contributed by atoms with Gasteiger partial charge < -0.3 is 10.3 Å². The largest absolute Gasteiger partial charge is 0.355 e. The number of amides is 1. The van der Waals surface area contributed by atoms with E-state index in [4.69, 9.17) is 12.2 Å². The van der Waals surface area contributed by atoms with Gasteiger partial charge in [-0.25, -0.2) is 0 Å². The Balaban J connectivity index is 2.50. The fourth-order valence-electron chi connectivity index (χ4n) is 1.52. The minimum Gasteiger partial charge on any atom is -0.355 e. The van der Waals surface area contributed by atoms with E-state index < -0.39 is 0 Å². The summed E-state index contributed by atoms with van der Waals surface area (Å²) in [5.41, 5.74) is -0.226. The molecule has 2 N–H and O–H groups in total. The Morgan fingerprint density at radius 1 is 1.65 bits per heavy atom. The number of aromatic nitrogens is 2. The van der Waals surface area contributed by atoms with Crippen LogP contribution in [0.15, 0.2) is 16.2 Å². The quantitative estimate of drug-likeness (QED) is 0.824. The molecule has 2 aromatic heterocycles. The normalized spacial score (nSPS) is 10.6. The van der Waals surface area contributed by atoms with Crippen LogP contribution in [-0.2, 0) is 11.3 Å². The Bertz CT molecular complexity index is 668. The summed E-state index contributed by atoms with van der Waals surface area (Å²) in [6.07, 6.45) is 0. The average molecular weight is 269 g/mol. The molecule has 0 aromatic carbocycles. The summed E-state index contributed by atoms with van der Waals surface area (Å²) in [4.78, 5) is 27.2. The molecule has 90 valence electrons. The standard InChI is InChI=1S/C10H11N3O2S2/c1-2-11-7(14)5-13-9(15)6-3-4-17-8(6)12-10(13)16/h3-4H,2,5H2,1H3,(H,11,14)(H,12,16). The molecule has 17 heavy (non-hydrogen) atoms. The summed E-state index contributed by atoms with van der Waals surface area (Å²) >= 11 is 6.49. The molecular formula is C10H11N3O2S2. The Morgan fingerprint density at radius 2 is 2.41 bits per heavy atom. The van der Waals surface area contributed by atoms with Gasteiger partial charge in [0, 0.05) is 6.54 Å². The molecule has 7 heteroatoms. The fourth-order valence-corrected chi connectivity index (χ4v) is 2.61. The Kier molecular flexibility index (Phi) is 3.39. The van der Waals surface area contributed by atoms with Crippen molar-refractivity contribution in [2.45, 2.75) is 13.5 Å². The van der Waals surface area contributed by atoms with Crippen LogP contribution in [0.5, 0.6) is 0 Å². The highest BCUT2D eigenvalue weighted by Crippen LogP contribution is 2.13. The van der Waals surface area contributed by atoms with Crippen LogP contribution in [0.3, 0.4) is 0 Å². The average Bonchev–Trinajstić information content (AvgIpc) is 2.72. The van der Waals surface area contributed by atoms with Crippen molar-refractivity contribution < 1.29 is 4.79 Å². The van der Waals surface area contributed by atoms with E-state index in [9.17, 15) is 9.59 Å². The molecule has 0 aliphatic rings. The summed E-state index contributed by atoms with van der Waals surface area (Å²) < 4.78 is 1.55. The zero-order chi connectivity index (χ0) is 12.4. The Hall–Kier alpha value is -1.47. The molecule has 2 rings (SSSR count). The lowest BCUT2D eigenvalue weighted by Crippen LogP contribution is -2.32. The zero-order valence-electron chi connectivity index (χ0n) is 9.15. The van der Waals surface area contributed by atoms with Gasteiger partial charge in [-0.1, -0.05) is 0 Å². The summed E-state index contributed by atoms with van der Waals surface area (Å²) in [7, 11) is 0. The number of hydrogen-bond donors (Lipinski definition) is 2. The number of carbonyl (C=O) groups is 1. The highest BCUT2D eigenvalue weighted by molar-refractivity contribution is 7.71. The first-order valence-corrected chi connectivity index (χ1v) is 6.39. The fraction of sp³-hybridized carbons (Fsp3) is 0.300. The van der Waals surface area contributed by atoms with E-state index in [1.165, 1.54) is 15.9 Å². The van der Waals surface area contributed by atoms with Gasteiger partial charge in [0.25, 0.3) is 5.56 Å². The lowest BCUT2D eigenvalue weighted by Gasteiger charge is -2.06. The lowest BCUT2D eigenvalue weighted by molar-refractivity contribution is -0.121. The highest BCUT2D eigenvalue weighted by Gasteiger charge is 2.09. The summed E-state index contributed by atoms with van der Waals surface area (Å²) in [6, 6.07) is 1.72. The molecule has 2 aromatic rings. The number of H-pyrrole nitrogens is 1. The van der Waals surface area contributed by atoms with E-state index in [-0.39, 0.29) is 22.8 Å². The van der Waals surface area contributed by atoms with Crippen molar-refractivity contribution >= 4 is 39.7 Å². The van der Waals surface area contributed by atoms with Gasteiger partial charge in [0.1, 0.15) is 11.4 Å². The molecule has 2 heterocycles. The van der Waals surface area contributed by atoms with Gasteiger partial charge in [-0.15, -0.1) is 11.3 Å². The number of carbonyl (C=O) groups excluding carboxylic acids is 1.